The standard InChI is InChI=1S/C22H18N4O2/c1-14-12-17-20(21(24-14)22(23)28)18(27)13-19(25-15-8-4-2-5-9-15)26(17)16-10-6-3-7-11-16/h2-13,25H,1H3,(H2,23,28). The van der Waals surface area contributed by atoms with Crippen molar-refractivity contribution < 1.29 is 4.79 Å². The van der Waals surface area contributed by atoms with E-state index in [2.05, 4.69) is 10.3 Å². The molecule has 2 heterocycles. The summed E-state index contributed by atoms with van der Waals surface area (Å²) in [6.07, 6.45) is 0. The summed E-state index contributed by atoms with van der Waals surface area (Å²) in [6.45, 7) is 1.77. The highest BCUT2D eigenvalue weighted by Crippen LogP contribution is 2.26. The van der Waals surface area contributed by atoms with Crippen LogP contribution in [0.5, 0.6) is 0 Å². The molecule has 0 bridgehead atoms. The topological polar surface area (TPSA) is 90.0 Å². The maximum Gasteiger partial charge on any atom is 0.268 e. The van der Waals surface area contributed by atoms with Crippen molar-refractivity contribution in [3.05, 3.63) is 94.4 Å². The summed E-state index contributed by atoms with van der Waals surface area (Å²) in [6, 6.07) is 22.4. The molecule has 4 aromatic rings. The van der Waals surface area contributed by atoms with Gasteiger partial charge in [0.1, 0.15) is 11.5 Å². The summed E-state index contributed by atoms with van der Waals surface area (Å²) in [5.41, 5.74) is 8.01. The van der Waals surface area contributed by atoms with Crippen LogP contribution in [0.4, 0.5) is 11.5 Å². The third-order valence-corrected chi connectivity index (χ3v) is 4.42. The minimum Gasteiger partial charge on any atom is -0.364 e. The van der Waals surface area contributed by atoms with E-state index in [1.807, 2.05) is 65.2 Å². The van der Waals surface area contributed by atoms with Crippen molar-refractivity contribution >= 4 is 28.3 Å². The van der Waals surface area contributed by atoms with Gasteiger partial charge in [0.15, 0.2) is 5.43 Å². The van der Waals surface area contributed by atoms with E-state index >= 15 is 0 Å². The first-order chi connectivity index (χ1) is 13.5. The van der Waals surface area contributed by atoms with Gasteiger partial charge in [0, 0.05) is 23.1 Å². The van der Waals surface area contributed by atoms with Crippen LogP contribution in [0.2, 0.25) is 0 Å². The van der Waals surface area contributed by atoms with Gasteiger partial charge in [0.05, 0.1) is 10.9 Å². The maximum atomic E-state index is 12.9. The van der Waals surface area contributed by atoms with Gasteiger partial charge in [-0.2, -0.15) is 0 Å². The molecule has 0 unspecified atom stereocenters. The smallest absolute Gasteiger partial charge is 0.268 e. The van der Waals surface area contributed by atoms with Gasteiger partial charge < -0.3 is 11.1 Å². The fraction of sp³-hybridized carbons (Fsp3) is 0.0455. The van der Waals surface area contributed by atoms with Crippen molar-refractivity contribution in [1.82, 2.24) is 9.55 Å². The van der Waals surface area contributed by atoms with Crippen LogP contribution in [0.15, 0.2) is 77.6 Å². The predicted molar refractivity (Wildman–Crippen MR) is 110 cm³/mol. The van der Waals surface area contributed by atoms with E-state index < -0.39 is 5.91 Å². The fourth-order valence-electron chi connectivity index (χ4n) is 3.26. The van der Waals surface area contributed by atoms with E-state index in [9.17, 15) is 9.59 Å². The quantitative estimate of drug-likeness (QED) is 0.575. The second-order valence-corrected chi connectivity index (χ2v) is 6.43. The van der Waals surface area contributed by atoms with Crippen LogP contribution in [0.25, 0.3) is 16.6 Å². The number of nitrogens with two attached hydrogens (primary N) is 1. The van der Waals surface area contributed by atoms with E-state index in [0.717, 1.165) is 11.4 Å². The molecule has 0 atom stereocenters. The van der Waals surface area contributed by atoms with Crippen LogP contribution in [-0.4, -0.2) is 15.5 Å². The number of fused-ring (bicyclic) bond motifs is 1. The van der Waals surface area contributed by atoms with Crippen LogP contribution in [-0.2, 0) is 0 Å². The predicted octanol–water partition coefficient (Wildman–Crippen LogP) is 3.54. The zero-order valence-corrected chi connectivity index (χ0v) is 15.2. The SMILES string of the molecule is Cc1cc2c(c(C(N)=O)n1)c(=O)cc(Nc1ccccc1)n2-c1ccccc1. The van der Waals surface area contributed by atoms with Gasteiger partial charge in [0.2, 0.25) is 0 Å². The summed E-state index contributed by atoms with van der Waals surface area (Å²) < 4.78 is 1.89. The van der Waals surface area contributed by atoms with Gasteiger partial charge in [-0.1, -0.05) is 36.4 Å². The summed E-state index contributed by atoms with van der Waals surface area (Å²) >= 11 is 0. The third-order valence-electron chi connectivity index (χ3n) is 4.42. The summed E-state index contributed by atoms with van der Waals surface area (Å²) in [4.78, 5) is 29.0. The van der Waals surface area contributed by atoms with Crippen LogP contribution in [0, 0.1) is 6.92 Å². The Balaban J connectivity index is 2.10. The number of pyridine rings is 2. The Hall–Kier alpha value is -3.93. The molecule has 6 heteroatoms. The highest BCUT2D eigenvalue weighted by Gasteiger charge is 2.18. The highest BCUT2D eigenvalue weighted by atomic mass is 16.1. The number of hydrogen-bond donors (Lipinski definition) is 2. The van der Waals surface area contributed by atoms with E-state index in [-0.39, 0.29) is 16.5 Å². The van der Waals surface area contributed by atoms with Crippen LogP contribution < -0.4 is 16.5 Å². The largest absolute Gasteiger partial charge is 0.364 e. The molecule has 3 N–H and O–H groups in total. The maximum absolute atomic E-state index is 12.9. The first-order valence-electron chi connectivity index (χ1n) is 8.79. The van der Waals surface area contributed by atoms with Crippen molar-refractivity contribution in [3.63, 3.8) is 0 Å². The number of nitrogens with one attached hydrogen (secondary N) is 1. The lowest BCUT2D eigenvalue weighted by Crippen LogP contribution is -2.20. The Morgan fingerprint density at radius 1 is 1.00 bits per heavy atom. The highest BCUT2D eigenvalue weighted by molar-refractivity contribution is 6.04. The van der Waals surface area contributed by atoms with Crippen LogP contribution >= 0.6 is 0 Å². The Bertz CT molecular complexity index is 1230. The molecule has 0 radical (unpaired) electrons. The molecule has 138 valence electrons. The number of benzene rings is 2. The number of rotatable bonds is 4. The second kappa shape index (κ2) is 7.00. The molecule has 0 aliphatic heterocycles. The summed E-state index contributed by atoms with van der Waals surface area (Å²) in [5, 5.41) is 3.51. The first kappa shape index (κ1) is 17.5. The Kier molecular flexibility index (Phi) is 4.37. The number of amides is 1. The normalized spacial score (nSPS) is 10.8. The molecule has 0 aliphatic carbocycles. The molecule has 28 heavy (non-hydrogen) atoms. The van der Waals surface area contributed by atoms with Crippen molar-refractivity contribution in [2.45, 2.75) is 6.92 Å². The first-order valence-corrected chi connectivity index (χ1v) is 8.79. The van der Waals surface area contributed by atoms with Gasteiger partial charge in [-0.05, 0) is 37.3 Å². The minimum absolute atomic E-state index is 0.0176. The van der Waals surface area contributed by atoms with Gasteiger partial charge in [-0.15, -0.1) is 0 Å². The molecule has 2 aromatic carbocycles. The number of carbonyl (C=O) groups is 1. The molecule has 1 amide bonds. The minimum atomic E-state index is -0.728. The number of carbonyl (C=O) groups excluding carboxylic acids is 1. The number of nitrogens with zero attached hydrogens (tertiary/aromatic N) is 2. The van der Waals surface area contributed by atoms with Gasteiger partial charge in [0.25, 0.3) is 5.91 Å². The molecule has 4 rings (SSSR count). The van der Waals surface area contributed by atoms with Gasteiger partial charge in [-0.25, -0.2) is 4.98 Å². The number of anilines is 2. The van der Waals surface area contributed by atoms with Crippen LogP contribution in [0.1, 0.15) is 16.2 Å². The van der Waals surface area contributed by atoms with Gasteiger partial charge in [-0.3, -0.25) is 14.2 Å². The molecular formula is C22H18N4O2. The lowest BCUT2D eigenvalue weighted by Gasteiger charge is -2.19. The molecule has 2 aromatic heterocycles. The fourth-order valence-corrected chi connectivity index (χ4v) is 3.26. The van der Waals surface area contributed by atoms with E-state index in [0.29, 0.717) is 17.0 Å². The zero-order valence-electron chi connectivity index (χ0n) is 15.2. The molecule has 0 aliphatic rings. The van der Waals surface area contributed by atoms with E-state index in [1.165, 1.54) is 6.07 Å². The number of primary amides is 1. The van der Waals surface area contributed by atoms with Crippen molar-refractivity contribution in [3.8, 4) is 5.69 Å². The average molecular weight is 370 g/mol. The van der Waals surface area contributed by atoms with Crippen LogP contribution in [0.3, 0.4) is 0 Å². The molecule has 0 saturated heterocycles. The van der Waals surface area contributed by atoms with Crippen molar-refractivity contribution in [2.24, 2.45) is 5.73 Å². The molecular weight excluding hydrogens is 352 g/mol. The number of hydrogen-bond acceptors (Lipinski definition) is 4. The summed E-state index contributed by atoms with van der Waals surface area (Å²) in [7, 11) is 0. The van der Waals surface area contributed by atoms with Gasteiger partial charge >= 0.3 is 0 Å². The Morgan fingerprint density at radius 3 is 2.29 bits per heavy atom. The zero-order chi connectivity index (χ0) is 19.7. The average Bonchev–Trinajstić information content (AvgIpc) is 2.68. The third kappa shape index (κ3) is 3.12. The Morgan fingerprint density at radius 2 is 1.64 bits per heavy atom. The Labute approximate surface area is 161 Å². The number of para-hydroxylation sites is 2. The van der Waals surface area contributed by atoms with E-state index in [4.69, 9.17) is 5.73 Å². The number of aromatic nitrogens is 2. The monoisotopic (exact) mass is 370 g/mol. The molecule has 0 fully saturated rings. The lowest BCUT2D eigenvalue weighted by molar-refractivity contribution is 0.0997. The lowest BCUT2D eigenvalue weighted by atomic mass is 10.1. The second-order valence-electron chi connectivity index (χ2n) is 6.43. The van der Waals surface area contributed by atoms with E-state index in [1.54, 1.807) is 13.0 Å². The van der Waals surface area contributed by atoms with Crippen molar-refractivity contribution in [2.75, 3.05) is 5.32 Å². The molecule has 0 saturated carbocycles. The van der Waals surface area contributed by atoms with Crippen molar-refractivity contribution in [1.29, 1.82) is 0 Å². The molecule has 0 spiro atoms. The summed E-state index contributed by atoms with van der Waals surface area (Å²) in [5.74, 6) is -0.148. The molecule has 6 nitrogen and oxygen atoms in total. The number of aryl methyl sites for hydroxylation is 1.